The molecule has 0 radical (unpaired) electrons. The predicted octanol–water partition coefficient (Wildman–Crippen LogP) is 4.58. The Bertz CT molecular complexity index is 906. The molecule has 7 heteroatoms. The minimum atomic E-state index is -0.159. The van der Waals surface area contributed by atoms with E-state index >= 15 is 0 Å². The Morgan fingerprint density at radius 1 is 1.31 bits per heavy atom. The third-order valence-corrected chi connectivity index (χ3v) is 5.56. The third kappa shape index (κ3) is 3.40. The molecule has 1 saturated heterocycles. The van der Waals surface area contributed by atoms with Gasteiger partial charge in [-0.3, -0.25) is 4.79 Å². The quantitative estimate of drug-likeness (QED) is 0.659. The van der Waals surface area contributed by atoms with Gasteiger partial charge in [-0.2, -0.15) is 0 Å². The van der Waals surface area contributed by atoms with E-state index in [2.05, 4.69) is 4.98 Å². The van der Waals surface area contributed by atoms with Crippen LogP contribution in [0.15, 0.2) is 47.1 Å². The first-order valence-electron chi connectivity index (χ1n) is 8.29. The number of amides is 1. The second kappa shape index (κ2) is 7.23. The van der Waals surface area contributed by atoms with Crippen LogP contribution in [-0.4, -0.2) is 35.5 Å². The third-order valence-electron chi connectivity index (χ3n) is 4.33. The fraction of sp³-hybridized carbons (Fsp3) is 0.263. The number of carbonyl (C=O) groups is 1. The average Bonchev–Trinajstić information content (AvgIpc) is 3.31. The van der Waals surface area contributed by atoms with Gasteiger partial charge in [-0.25, -0.2) is 4.98 Å². The molecule has 134 valence electrons. The van der Waals surface area contributed by atoms with Crippen LogP contribution in [0.2, 0.25) is 5.02 Å². The number of rotatable bonds is 3. The number of carbonyl (C=O) groups excluding carboxylic acids is 1. The maximum Gasteiger partial charge on any atom is 0.273 e. The van der Waals surface area contributed by atoms with E-state index in [0.29, 0.717) is 36.2 Å². The first kappa shape index (κ1) is 17.3. The minimum absolute atomic E-state index is 0.0705. The van der Waals surface area contributed by atoms with E-state index < -0.39 is 0 Å². The lowest BCUT2D eigenvalue weighted by atomic mass is 10.1. The minimum Gasteiger partial charge on any atom is -0.462 e. The lowest BCUT2D eigenvalue weighted by molar-refractivity contribution is -0.0230. The highest BCUT2D eigenvalue weighted by Gasteiger charge is 2.29. The summed E-state index contributed by atoms with van der Waals surface area (Å²) in [5.74, 6) is 0.608. The monoisotopic (exact) mass is 388 g/mol. The van der Waals surface area contributed by atoms with Gasteiger partial charge in [0.15, 0.2) is 10.8 Å². The number of aromatic nitrogens is 1. The van der Waals surface area contributed by atoms with Crippen molar-refractivity contribution in [3.8, 4) is 10.8 Å². The van der Waals surface area contributed by atoms with Crippen molar-refractivity contribution in [3.05, 3.63) is 63.8 Å². The average molecular weight is 389 g/mol. The summed E-state index contributed by atoms with van der Waals surface area (Å²) in [6, 6.07) is 11.2. The zero-order valence-electron chi connectivity index (χ0n) is 14.1. The smallest absolute Gasteiger partial charge is 0.273 e. The second-order valence-electron chi connectivity index (χ2n) is 6.06. The summed E-state index contributed by atoms with van der Waals surface area (Å²) in [5.41, 5.74) is 1.50. The molecule has 1 amide bonds. The van der Waals surface area contributed by atoms with E-state index in [-0.39, 0.29) is 12.0 Å². The summed E-state index contributed by atoms with van der Waals surface area (Å²) in [6.45, 7) is 3.45. The SMILES string of the molecule is Cc1sc(-c2ccco2)nc1C(=O)N1CCOC(c2ccc(Cl)cc2)C1. The number of benzene rings is 1. The fourth-order valence-corrected chi connectivity index (χ4v) is 3.96. The van der Waals surface area contributed by atoms with Crippen LogP contribution in [0.4, 0.5) is 0 Å². The number of furan rings is 1. The van der Waals surface area contributed by atoms with E-state index in [1.54, 1.807) is 11.2 Å². The summed E-state index contributed by atoms with van der Waals surface area (Å²) < 4.78 is 11.2. The van der Waals surface area contributed by atoms with Crippen molar-refractivity contribution in [2.75, 3.05) is 19.7 Å². The molecule has 0 spiro atoms. The largest absolute Gasteiger partial charge is 0.462 e. The molecule has 1 atom stereocenters. The van der Waals surface area contributed by atoms with Crippen LogP contribution in [0.1, 0.15) is 27.0 Å². The molecule has 4 rings (SSSR count). The molecule has 5 nitrogen and oxygen atoms in total. The summed E-state index contributed by atoms with van der Waals surface area (Å²) in [4.78, 5) is 20.2. The Labute approximate surface area is 160 Å². The van der Waals surface area contributed by atoms with Crippen molar-refractivity contribution in [2.45, 2.75) is 13.0 Å². The zero-order chi connectivity index (χ0) is 18.1. The maximum absolute atomic E-state index is 13.0. The van der Waals surface area contributed by atoms with Crippen molar-refractivity contribution in [1.82, 2.24) is 9.88 Å². The Morgan fingerprint density at radius 2 is 2.12 bits per heavy atom. The van der Waals surface area contributed by atoms with Gasteiger partial charge in [0.25, 0.3) is 5.91 Å². The lowest BCUT2D eigenvalue weighted by Crippen LogP contribution is -2.42. The highest BCUT2D eigenvalue weighted by atomic mass is 35.5. The van der Waals surface area contributed by atoms with E-state index in [9.17, 15) is 4.79 Å². The molecule has 1 unspecified atom stereocenters. The van der Waals surface area contributed by atoms with Crippen LogP contribution in [0.3, 0.4) is 0 Å². The fourth-order valence-electron chi connectivity index (χ4n) is 2.96. The topological polar surface area (TPSA) is 55.6 Å². The molecule has 0 aliphatic carbocycles. The van der Waals surface area contributed by atoms with Crippen molar-refractivity contribution in [3.63, 3.8) is 0 Å². The number of aryl methyl sites for hydroxylation is 1. The molecular weight excluding hydrogens is 372 g/mol. The first-order chi connectivity index (χ1) is 12.6. The number of morpholine rings is 1. The van der Waals surface area contributed by atoms with Crippen molar-refractivity contribution < 1.29 is 13.9 Å². The van der Waals surface area contributed by atoms with Crippen LogP contribution >= 0.6 is 22.9 Å². The molecule has 3 heterocycles. The number of nitrogens with zero attached hydrogens (tertiary/aromatic N) is 2. The van der Waals surface area contributed by atoms with E-state index in [1.807, 2.05) is 43.3 Å². The number of hydrogen-bond donors (Lipinski definition) is 0. The van der Waals surface area contributed by atoms with Crippen LogP contribution in [0, 0.1) is 6.92 Å². The van der Waals surface area contributed by atoms with Gasteiger partial charge in [0, 0.05) is 16.4 Å². The predicted molar refractivity (Wildman–Crippen MR) is 101 cm³/mol. The highest BCUT2D eigenvalue weighted by Crippen LogP contribution is 2.30. The molecule has 0 bridgehead atoms. The van der Waals surface area contributed by atoms with Crippen molar-refractivity contribution in [2.24, 2.45) is 0 Å². The van der Waals surface area contributed by atoms with Crippen LogP contribution in [0.25, 0.3) is 10.8 Å². The number of halogens is 1. The molecular formula is C19H17ClN2O3S. The first-order valence-corrected chi connectivity index (χ1v) is 9.49. The summed E-state index contributed by atoms with van der Waals surface area (Å²) in [7, 11) is 0. The molecule has 1 aliphatic heterocycles. The Balaban J connectivity index is 1.53. The Hall–Kier alpha value is -2.15. The van der Waals surface area contributed by atoms with Crippen molar-refractivity contribution >= 4 is 28.8 Å². The van der Waals surface area contributed by atoms with Crippen LogP contribution < -0.4 is 0 Å². The molecule has 1 fully saturated rings. The molecule has 2 aromatic heterocycles. The molecule has 0 N–H and O–H groups in total. The van der Waals surface area contributed by atoms with Gasteiger partial charge in [0.2, 0.25) is 0 Å². The summed E-state index contributed by atoms with van der Waals surface area (Å²) in [5, 5.41) is 1.40. The van der Waals surface area contributed by atoms with Gasteiger partial charge >= 0.3 is 0 Å². The Morgan fingerprint density at radius 3 is 2.85 bits per heavy atom. The molecule has 3 aromatic rings. The lowest BCUT2D eigenvalue weighted by Gasteiger charge is -2.33. The highest BCUT2D eigenvalue weighted by molar-refractivity contribution is 7.15. The number of hydrogen-bond acceptors (Lipinski definition) is 5. The number of thiazole rings is 1. The molecule has 26 heavy (non-hydrogen) atoms. The van der Waals surface area contributed by atoms with Gasteiger partial charge in [-0.05, 0) is 36.8 Å². The van der Waals surface area contributed by atoms with Gasteiger partial charge < -0.3 is 14.1 Å². The number of ether oxygens (including phenoxy) is 1. The van der Waals surface area contributed by atoms with E-state index in [1.165, 1.54) is 11.3 Å². The van der Waals surface area contributed by atoms with Crippen LogP contribution in [-0.2, 0) is 4.74 Å². The van der Waals surface area contributed by atoms with Gasteiger partial charge in [-0.15, -0.1) is 11.3 Å². The summed E-state index contributed by atoms with van der Waals surface area (Å²) in [6.07, 6.45) is 1.44. The zero-order valence-corrected chi connectivity index (χ0v) is 15.7. The molecule has 1 aliphatic rings. The van der Waals surface area contributed by atoms with E-state index in [4.69, 9.17) is 20.8 Å². The van der Waals surface area contributed by atoms with Gasteiger partial charge in [0.1, 0.15) is 11.8 Å². The second-order valence-corrected chi connectivity index (χ2v) is 7.70. The van der Waals surface area contributed by atoms with Crippen LogP contribution in [0.5, 0.6) is 0 Å². The van der Waals surface area contributed by atoms with E-state index in [0.717, 1.165) is 15.4 Å². The van der Waals surface area contributed by atoms with Gasteiger partial charge in [-0.1, -0.05) is 23.7 Å². The maximum atomic E-state index is 13.0. The Kier molecular flexibility index (Phi) is 4.80. The molecule has 0 saturated carbocycles. The normalized spacial score (nSPS) is 17.5. The van der Waals surface area contributed by atoms with Crippen molar-refractivity contribution in [1.29, 1.82) is 0 Å². The standard InChI is InChI=1S/C19H17ClN2O3S/c1-12-17(21-18(26-12)15-3-2-9-24-15)19(23)22-8-10-25-16(11-22)13-4-6-14(20)7-5-13/h2-7,9,16H,8,10-11H2,1H3. The molecule has 1 aromatic carbocycles. The summed E-state index contributed by atoms with van der Waals surface area (Å²) >= 11 is 7.42. The van der Waals surface area contributed by atoms with Gasteiger partial charge in [0.05, 0.1) is 19.4 Å².